The first-order valence-electron chi connectivity index (χ1n) is 8.01. The number of alkyl halides is 2. The number of ether oxygens (including phenoxy) is 1. The minimum absolute atomic E-state index is 0.241. The molecule has 0 unspecified atom stereocenters. The zero-order valence-electron chi connectivity index (χ0n) is 12.9. The molecule has 118 valence electrons. The van der Waals surface area contributed by atoms with E-state index in [0.29, 0.717) is 0 Å². The largest absolute Gasteiger partial charge is 0.435 e. The fourth-order valence-corrected chi connectivity index (χ4v) is 3.36. The molecule has 0 saturated heterocycles. The lowest BCUT2D eigenvalue weighted by molar-refractivity contribution is -0.0498. The molecule has 0 bridgehead atoms. The van der Waals surface area contributed by atoms with Crippen LogP contribution in [0.5, 0.6) is 5.75 Å². The average Bonchev–Trinajstić information content (AvgIpc) is 2.47. The Labute approximate surface area is 129 Å². The Balaban J connectivity index is 2.02. The quantitative estimate of drug-likeness (QED) is 0.382. The highest BCUT2D eigenvalue weighted by molar-refractivity contribution is 6.53. The third kappa shape index (κ3) is 9.61. The second kappa shape index (κ2) is 11.7. The fourth-order valence-electron chi connectivity index (χ4n) is 2.25. The number of unbranched alkanes of at least 4 members (excludes halogenated alkanes) is 7. The second-order valence-electron chi connectivity index (χ2n) is 5.30. The van der Waals surface area contributed by atoms with Crippen molar-refractivity contribution in [3.63, 3.8) is 0 Å². The van der Waals surface area contributed by atoms with E-state index in [9.17, 15) is 8.78 Å². The lowest BCUT2D eigenvalue weighted by atomic mass is 10.1. The molecule has 0 aliphatic carbocycles. The van der Waals surface area contributed by atoms with Gasteiger partial charge < -0.3 is 4.74 Å². The summed E-state index contributed by atoms with van der Waals surface area (Å²) in [7, 11) is 0.766. The van der Waals surface area contributed by atoms with Crippen molar-refractivity contribution in [3.05, 3.63) is 24.3 Å². The van der Waals surface area contributed by atoms with E-state index in [0.717, 1.165) is 9.52 Å². The van der Waals surface area contributed by atoms with Crippen LogP contribution in [0.3, 0.4) is 0 Å². The lowest BCUT2D eigenvalue weighted by Gasteiger charge is -2.05. The molecule has 0 aliphatic heterocycles. The molecular weight excluding hydrogens is 286 g/mol. The Morgan fingerprint density at radius 2 is 1.48 bits per heavy atom. The van der Waals surface area contributed by atoms with Crippen LogP contribution in [0.2, 0.25) is 6.04 Å². The molecule has 4 heteroatoms. The van der Waals surface area contributed by atoms with E-state index in [1.165, 1.54) is 62.6 Å². The van der Waals surface area contributed by atoms with E-state index < -0.39 is 6.61 Å². The third-order valence-electron chi connectivity index (χ3n) is 3.44. The minimum Gasteiger partial charge on any atom is -0.435 e. The van der Waals surface area contributed by atoms with Gasteiger partial charge in [0.15, 0.2) is 0 Å². The minimum atomic E-state index is -2.74. The molecule has 0 atom stereocenters. The summed E-state index contributed by atoms with van der Waals surface area (Å²) in [6, 6.07) is 8.23. The van der Waals surface area contributed by atoms with Gasteiger partial charge in [0.1, 0.15) is 5.75 Å². The van der Waals surface area contributed by atoms with Crippen molar-refractivity contribution in [2.24, 2.45) is 0 Å². The standard InChI is InChI=1S/C17H26F2OSi/c1-2-3-4-5-6-7-8-9-14-21-16-12-10-15(11-13-16)20-17(18)19/h10-13,17H,2-9,14H2,1H3. The average molecular weight is 312 g/mol. The van der Waals surface area contributed by atoms with Gasteiger partial charge in [-0.2, -0.15) is 8.78 Å². The SMILES string of the molecule is CCCCCCCCCC[Si]c1ccc(OC(F)F)cc1. The van der Waals surface area contributed by atoms with Crippen molar-refractivity contribution < 1.29 is 13.5 Å². The molecule has 0 fully saturated rings. The highest BCUT2D eigenvalue weighted by Crippen LogP contribution is 2.12. The van der Waals surface area contributed by atoms with Crippen molar-refractivity contribution in [3.8, 4) is 5.75 Å². The molecule has 0 saturated carbocycles. The van der Waals surface area contributed by atoms with Crippen LogP contribution in [-0.2, 0) is 0 Å². The van der Waals surface area contributed by atoms with Crippen molar-refractivity contribution in [2.75, 3.05) is 0 Å². The van der Waals surface area contributed by atoms with E-state index >= 15 is 0 Å². The van der Waals surface area contributed by atoms with E-state index in [-0.39, 0.29) is 5.75 Å². The Morgan fingerprint density at radius 1 is 0.905 bits per heavy atom. The molecule has 1 nitrogen and oxygen atoms in total. The maximum atomic E-state index is 12.0. The summed E-state index contributed by atoms with van der Waals surface area (Å²) in [4.78, 5) is 0. The maximum Gasteiger partial charge on any atom is 0.387 e. The molecule has 0 heterocycles. The summed E-state index contributed by atoms with van der Waals surface area (Å²) in [5.41, 5.74) is 0. The Bertz CT molecular complexity index is 354. The van der Waals surface area contributed by atoms with Gasteiger partial charge in [-0.3, -0.25) is 0 Å². The Morgan fingerprint density at radius 3 is 2.05 bits per heavy atom. The Kier molecular flexibility index (Phi) is 10.1. The number of rotatable bonds is 12. The van der Waals surface area contributed by atoms with Gasteiger partial charge in [-0.15, -0.1) is 0 Å². The number of benzene rings is 1. The summed E-state index contributed by atoms with van der Waals surface area (Å²) >= 11 is 0. The molecule has 2 radical (unpaired) electrons. The van der Waals surface area contributed by atoms with Crippen molar-refractivity contribution in [1.82, 2.24) is 0 Å². The topological polar surface area (TPSA) is 9.23 Å². The molecule has 1 rings (SSSR count). The van der Waals surface area contributed by atoms with Crippen LogP contribution in [-0.4, -0.2) is 16.1 Å². The van der Waals surface area contributed by atoms with Gasteiger partial charge in [0.25, 0.3) is 0 Å². The molecule has 1 aromatic rings. The van der Waals surface area contributed by atoms with Gasteiger partial charge in [-0.05, 0) is 12.1 Å². The van der Waals surface area contributed by atoms with E-state index in [4.69, 9.17) is 0 Å². The first-order chi connectivity index (χ1) is 10.2. The predicted molar refractivity (Wildman–Crippen MR) is 85.9 cm³/mol. The first kappa shape index (κ1) is 18.1. The molecular formula is C17H26F2OSi. The molecule has 1 aromatic carbocycles. The monoisotopic (exact) mass is 312 g/mol. The molecule has 21 heavy (non-hydrogen) atoms. The zero-order valence-corrected chi connectivity index (χ0v) is 13.9. The second-order valence-corrected chi connectivity index (χ2v) is 6.74. The van der Waals surface area contributed by atoms with E-state index in [2.05, 4.69) is 11.7 Å². The highest BCUT2D eigenvalue weighted by Gasteiger charge is 2.03. The van der Waals surface area contributed by atoms with Gasteiger partial charge in [0.2, 0.25) is 0 Å². The molecule has 0 amide bonds. The van der Waals surface area contributed by atoms with Crippen LogP contribution < -0.4 is 9.92 Å². The number of hydrogen-bond acceptors (Lipinski definition) is 1. The Hall–Kier alpha value is -0.903. The maximum absolute atomic E-state index is 12.0. The van der Waals surface area contributed by atoms with E-state index in [1.54, 1.807) is 12.1 Å². The third-order valence-corrected chi connectivity index (χ3v) is 4.78. The molecule has 0 aliphatic rings. The van der Waals surface area contributed by atoms with Gasteiger partial charge in [0.05, 0.1) is 9.52 Å². The fraction of sp³-hybridized carbons (Fsp3) is 0.647. The highest BCUT2D eigenvalue weighted by atomic mass is 28.2. The van der Waals surface area contributed by atoms with Gasteiger partial charge in [0, 0.05) is 0 Å². The molecule has 0 spiro atoms. The van der Waals surface area contributed by atoms with E-state index in [1.807, 2.05) is 12.1 Å². The summed E-state index contributed by atoms with van der Waals surface area (Å²) < 4.78 is 28.4. The summed E-state index contributed by atoms with van der Waals surface area (Å²) in [5.74, 6) is 0.241. The van der Waals surface area contributed by atoms with Crippen LogP contribution in [0.1, 0.15) is 58.3 Å². The van der Waals surface area contributed by atoms with Gasteiger partial charge in [-0.1, -0.05) is 81.7 Å². The van der Waals surface area contributed by atoms with Crippen LogP contribution in [0, 0.1) is 0 Å². The lowest BCUT2D eigenvalue weighted by Crippen LogP contribution is -2.13. The predicted octanol–water partition coefficient (Wildman–Crippen LogP) is 5.18. The van der Waals surface area contributed by atoms with Crippen LogP contribution >= 0.6 is 0 Å². The smallest absolute Gasteiger partial charge is 0.387 e. The van der Waals surface area contributed by atoms with Crippen LogP contribution in [0.4, 0.5) is 8.78 Å². The van der Waals surface area contributed by atoms with Gasteiger partial charge >= 0.3 is 6.61 Å². The van der Waals surface area contributed by atoms with Crippen molar-refractivity contribution >= 4 is 14.7 Å². The van der Waals surface area contributed by atoms with Crippen LogP contribution in [0.25, 0.3) is 0 Å². The van der Waals surface area contributed by atoms with Crippen molar-refractivity contribution in [2.45, 2.75) is 70.9 Å². The first-order valence-corrected chi connectivity index (χ1v) is 9.22. The number of hydrogen-bond donors (Lipinski definition) is 0. The summed E-state index contributed by atoms with van der Waals surface area (Å²) in [6.07, 6.45) is 10.7. The number of halogens is 2. The van der Waals surface area contributed by atoms with Crippen LogP contribution in [0.15, 0.2) is 24.3 Å². The normalized spacial score (nSPS) is 11.0. The molecule has 0 N–H and O–H groups in total. The molecule has 0 aromatic heterocycles. The zero-order chi connectivity index (χ0) is 15.3. The summed E-state index contributed by atoms with van der Waals surface area (Å²) in [5, 5.41) is 1.22. The van der Waals surface area contributed by atoms with Crippen molar-refractivity contribution in [1.29, 1.82) is 0 Å². The summed E-state index contributed by atoms with van der Waals surface area (Å²) in [6.45, 7) is -0.497. The van der Waals surface area contributed by atoms with Gasteiger partial charge in [-0.25, -0.2) is 0 Å².